The number of carbonyl (C=O) groups excluding carboxylic acids is 1. The Morgan fingerprint density at radius 1 is 1.04 bits per heavy atom. The summed E-state index contributed by atoms with van der Waals surface area (Å²) in [5.74, 6) is -0.199. The average molecular weight is 369 g/mol. The number of nitrogens with zero attached hydrogens (tertiary/aromatic N) is 2. The molecule has 1 N–H and O–H groups in total. The lowest BCUT2D eigenvalue weighted by molar-refractivity contribution is 0.0984. The molecule has 0 fully saturated rings. The van der Waals surface area contributed by atoms with Gasteiger partial charge in [0.2, 0.25) is 0 Å². The zero-order chi connectivity index (χ0) is 19.5. The molecule has 2 aromatic heterocycles. The molecule has 5 heteroatoms. The van der Waals surface area contributed by atoms with Gasteiger partial charge in [0, 0.05) is 29.2 Å². The third-order valence-corrected chi connectivity index (χ3v) is 4.72. The summed E-state index contributed by atoms with van der Waals surface area (Å²) in [5, 5.41) is 0.927. The fourth-order valence-electron chi connectivity index (χ4n) is 3.26. The summed E-state index contributed by atoms with van der Waals surface area (Å²) in [6, 6.07) is 20.5. The molecule has 0 radical (unpaired) electrons. The Morgan fingerprint density at radius 2 is 1.82 bits per heavy atom. The lowest BCUT2D eigenvalue weighted by atomic mass is 10.1. The number of aromatic nitrogens is 2. The van der Waals surface area contributed by atoms with Crippen LogP contribution in [0, 0.1) is 6.92 Å². The first-order valence-electron chi connectivity index (χ1n) is 9.02. The molecule has 2 aromatic carbocycles. The molecule has 28 heavy (non-hydrogen) atoms. The summed E-state index contributed by atoms with van der Waals surface area (Å²) in [6.45, 7) is 2.11. The number of pyridine rings is 2. The van der Waals surface area contributed by atoms with E-state index in [-0.39, 0.29) is 18.0 Å². The van der Waals surface area contributed by atoms with Gasteiger partial charge >= 0.3 is 0 Å². The molecule has 0 aliphatic carbocycles. The van der Waals surface area contributed by atoms with Crippen LogP contribution in [0.1, 0.15) is 21.5 Å². The lowest BCUT2D eigenvalue weighted by Crippen LogP contribution is -2.33. The second kappa shape index (κ2) is 7.48. The molecule has 4 aromatic rings. The highest BCUT2D eigenvalue weighted by atomic mass is 16.2. The van der Waals surface area contributed by atoms with E-state index in [0.717, 1.165) is 22.2 Å². The minimum Gasteiger partial charge on any atom is -0.322 e. The summed E-state index contributed by atoms with van der Waals surface area (Å²) in [4.78, 5) is 34.5. The van der Waals surface area contributed by atoms with Crippen LogP contribution >= 0.6 is 0 Å². The van der Waals surface area contributed by atoms with Crippen LogP contribution in [0.4, 0.5) is 5.69 Å². The number of aromatic amines is 1. The molecule has 0 atom stereocenters. The van der Waals surface area contributed by atoms with Gasteiger partial charge in [0.25, 0.3) is 11.5 Å². The highest BCUT2D eigenvalue weighted by molar-refractivity contribution is 6.06. The van der Waals surface area contributed by atoms with E-state index in [1.165, 1.54) is 6.20 Å². The quantitative estimate of drug-likeness (QED) is 0.589. The number of fused-ring (bicyclic) bond motifs is 1. The van der Waals surface area contributed by atoms with Crippen LogP contribution in [0.3, 0.4) is 0 Å². The number of aryl methyl sites for hydroxylation is 1. The van der Waals surface area contributed by atoms with Crippen molar-refractivity contribution >= 4 is 22.5 Å². The molecule has 0 unspecified atom stereocenters. The molecule has 5 nitrogen and oxygen atoms in total. The smallest absolute Gasteiger partial charge is 0.260 e. The number of rotatable bonds is 4. The van der Waals surface area contributed by atoms with Crippen molar-refractivity contribution in [3.63, 3.8) is 0 Å². The van der Waals surface area contributed by atoms with Gasteiger partial charge in [-0.05, 0) is 48.2 Å². The Hall–Kier alpha value is -3.73. The van der Waals surface area contributed by atoms with Crippen molar-refractivity contribution in [1.82, 2.24) is 9.97 Å². The molecule has 0 aliphatic rings. The monoisotopic (exact) mass is 369 g/mol. The van der Waals surface area contributed by atoms with Crippen molar-refractivity contribution in [2.45, 2.75) is 13.5 Å². The van der Waals surface area contributed by atoms with Gasteiger partial charge in [0.1, 0.15) is 0 Å². The van der Waals surface area contributed by atoms with Gasteiger partial charge in [0.05, 0.1) is 12.1 Å². The highest BCUT2D eigenvalue weighted by Crippen LogP contribution is 2.24. The van der Waals surface area contributed by atoms with E-state index in [0.29, 0.717) is 11.1 Å². The maximum absolute atomic E-state index is 13.3. The fourth-order valence-corrected chi connectivity index (χ4v) is 3.26. The first kappa shape index (κ1) is 17.7. The van der Waals surface area contributed by atoms with Crippen LogP contribution in [-0.2, 0) is 6.54 Å². The molecule has 2 heterocycles. The van der Waals surface area contributed by atoms with Gasteiger partial charge < -0.3 is 9.88 Å². The normalized spacial score (nSPS) is 10.8. The molecule has 1 amide bonds. The number of amides is 1. The summed E-state index contributed by atoms with van der Waals surface area (Å²) in [5.41, 5.74) is 3.30. The summed E-state index contributed by atoms with van der Waals surface area (Å²) in [6.07, 6.45) is 3.17. The Balaban J connectivity index is 1.80. The average Bonchev–Trinajstić information content (AvgIpc) is 2.73. The summed E-state index contributed by atoms with van der Waals surface area (Å²) < 4.78 is 0. The SMILES string of the molecule is Cc1ccccc1N(Cc1cc2ccccc2[nH]c1=O)C(=O)c1cccnc1. The fraction of sp³-hybridized carbons (Fsp3) is 0.0870. The molecule has 0 aliphatic heterocycles. The van der Waals surface area contributed by atoms with Crippen LogP contribution < -0.4 is 10.5 Å². The predicted octanol–water partition coefficient (Wildman–Crippen LogP) is 4.08. The lowest BCUT2D eigenvalue weighted by Gasteiger charge is -2.24. The Kier molecular flexibility index (Phi) is 4.72. The Morgan fingerprint density at radius 3 is 2.61 bits per heavy atom. The first-order chi connectivity index (χ1) is 13.6. The van der Waals surface area contributed by atoms with Gasteiger partial charge in [-0.2, -0.15) is 0 Å². The zero-order valence-corrected chi connectivity index (χ0v) is 15.4. The van der Waals surface area contributed by atoms with Crippen LogP contribution in [-0.4, -0.2) is 15.9 Å². The van der Waals surface area contributed by atoms with Crippen molar-refractivity contribution in [2.75, 3.05) is 4.90 Å². The van der Waals surface area contributed by atoms with E-state index in [4.69, 9.17) is 0 Å². The standard InChI is InChI=1S/C23H19N3O2/c1-16-7-2-5-11-21(16)26(23(28)18-9-6-12-24-14-18)15-19-13-17-8-3-4-10-20(17)25-22(19)27/h2-14H,15H2,1H3,(H,25,27). The van der Waals surface area contributed by atoms with Crippen molar-refractivity contribution in [3.05, 3.63) is 106 Å². The van der Waals surface area contributed by atoms with Crippen molar-refractivity contribution in [1.29, 1.82) is 0 Å². The third kappa shape index (κ3) is 3.42. The van der Waals surface area contributed by atoms with Crippen molar-refractivity contribution < 1.29 is 4.79 Å². The largest absolute Gasteiger partial charge is 0.322 e. The molecular weight excluding hydrogens is 350 g/mol. The maximum Gasteiger partial charge on any atom is 0.260 e. The van der Waals surface area contributed by atoms with E-state index in [9.17, 15) is 9.59 Å². The van der Waals surface area contributed by atoms with E-state index < -0.39 is 0 Å². The van der Waals surface area contributed by atoms with E-state index in [2.05, 4.69) is 9.97 Å². The van der Waals surface area contributed by atoms with E-state index in [1.807, 2.05) is 61.5 Å². The second-order valence-electron chi connectivity index (χ2n) is 6.63. The van der Waals surface area contributed by atoms with Crippen LogP contribution in [0.5, 0.6) is 0 Å². The molecule has 138 valence electrons. The summed E-state index contributed by atoms with van der Waals surface area (Å²) in [7, 11) is 0. The van der Waals surface area contributed by atoms with E-state index in [1.54, 1.807) is 23.2 Å². The highest BCUT2D eigenvalue weighted by Gasteiger charge is 2.21. The number of benzene rings is 2. The number of para-hydroxylation sites is 2. The van der Waals surface area contributed by atoms with Crippen molar-refractivity contribution in [2.24, 2.45) is 0 Å². The Bertz CT molecular complexity index is 1200. The number of hydrogen-bond acceptors (Lipinski definition) is 3. The van der Waals surface area contributed by atoms with Gasteiger partial charge in [-0.1, -0.05) is 36.4 Å². The number of nitrogens with one attached hydrogen (secondary N) is 1. The number of H-pyrrole nitrogens is 1. The number of hydrogen-bond donors (Lipinski definition) is 1. The van der Waals surface area contributed by atoms with Gasteiger partial charge in [0.15, 0.2) is 0 Å². The first-order valence-corrected chi connectivity index (χ1v) is 9.02. The number of carbonyl (C=O) groups is 1. The molecule has 0 saturated heterocycles. The minimum absolute atomic E-state index is 0.165. The molecular formula is C23H19N3O2. The minimum atomic E-state index is -0.199. The van der Waals surface area contributed by atoms with Crippen molar-refractivity contribution in [3.8, 4) is 0 Å². The van der Waals surface area contributed by atoms with E-state index >= 15 is 0 Å². The summed E-state index contributed by atoms with van der Waals surface area (Å²) >= 11 is 0. The zero-order valence-electron chi connectivity index (χ0n) is 15.4. The molecule has 0 saturated carbocycles. The van der Waals surface area contributed by atoms with Crippen LogP contribution in [0.25, 0.3) is 10.9 Å². The molecule has 0 spiro atoms. The maximum atomic E-state index is 13.3. The van der Waals surface area contributed by atoms with Crippen LogP contribution in [0.15, 0.2) is 83.9 Å². The van der Waals surface area contributed by atoms with Gasteiger partial charge in [-0.25, -0.2) is 0 Å². The number of anilines is 1. The van der Waals surface area contributed by atoms with Gasteiger partial charge in [-0.15, -0.1) is 0 Å². The van der Waals surface area contributed by atoms with Crippen LogP contribution in [0.2, 0.25) is 0 Å². The second-order valence-corrected chi connectivity index (χ2v) is 6.63. The predicted molar refractivity (Wildman–Crippen MR) is 110 cm³/mol. The Labute approximate surface area is 162 Å². The van der Waals surface area contributed by atoms with Gasteiger partial charge in [-0.3, -0.25) is 14.6 Å². The third-order valence-electron chi connectivity index (χ3n) is 4.72. The molecule has 0 bridgehead atoms. The molecule has 4 rings (SSSR count). The topological polar surface area (TPSA) is 66.1 Å².